The predicted octanol–water partition coefficient (Wildman–Crippen LogP) is 1.97. The van der Waals surface area contributed by atoms with Crippen molar-refractivity contribution in [3.63, 3.8) is 0 Å². The molecule has 90 valence electrons. The van der Waals surface area contributed by atoms with Gasteiger partial charge in [-0.25, -0.2) is 0 Å². The number of methoxy groups -OCH3 is 1. The highest BCUT2D eigenvalue weighted by Gasteiger charge is 2.18. The maximum absolute atomic E-state index is 11.3. The van der Waals surface area contributed by atoms with Gasteiger partial charge in [-0.1, -0.05) is 18.2 Å². The third kappa shape index (κ3) is 2.35. The highest BCUT2D eigenvalue weighted by atomic mass is 79.9. The molecule has 1 heterocycles. The lowest BCUT2D eigenvalue weighted by Crippen LogP contribution is -2.33. The maximum atomic E-state index is 11.3. The summed E-state index contributed by atoms with van der Waals surface area (Å²) >= 11 is 3.45. The molecule has 0 aliphatic heterocycles. The molecule has 3 N–H and O–H groups in total. The number of ether oxygens (including phenoxy) is 1. The number of nitrogens with one attached hydrogen (secondary N) is 1. The maximum Gasteiger partial charge on any atom is 0.322 e. The van der Waals surface area contributed by atoms with Gasteiger partial charge in [0.25, 0.3) is 0 Å². The van der Waals surface area contributed by atoms with Crippen LogP contribution in [-0.4, -0.2) is 24.1 Å². The van der Waals surface area contributed by atoms with Gasteiger partial charge in [0.15, 0.2) is 0 Å². The van der Waals surface area contributed by atoms with Crippen molar-refractivity contribution < 1.29 is 9.53 Å². The number of halogens is 1. The van der Waals surface area contributed by atoms with E-state index in [0.717, 1.165) is 21.1 Å². The van der Waals surface area contributed by atoms with E-state index in [4.69, 9.17) is 5.73 Å². The van der Waals surface area contributed by atoms with Crippen LogP contribution in [0, 0.1) is 0 Å². The Labute approximate surface area is 107 Å². The number of hydrogen-bond donors (Lipinski definition) is 2. The van der Waals surface area contributed by atoms with Gasteiger partial charge in [0, 0.05) is 17.3 Å². The van der Waals surface area contributed by atoms with Crippen molar-refractivity contribution in [2.24, 2.45) is 5.73 Å². The Hall–Kier alpha value is -1.33. The number of carbonyl (C=O) groups is 1. The van der Waals surface area contributed by atoms with Crippen molar-refractivity contribution in [3.8, 4) is 0 Å². The van der Waals surface area contributed by atoms with Gasteiger partial charge in [-0.2, -0.15) is 0 Å². The van der Waals surface area contributed by atoms with E-state index in [-0.39, 0.29) is 0 Å². The molecular weight excluding hydrogens is 284 g/mol. The largest absolute Gasteiger partial charge is 0.468 e. The molecule has 0 aliphatic rings. The minimum atomic E-state index is -0.643. The van der Waals surface area contributed by atoms with Crippen molar-refractivity contribution >= 4 is 32.8 Å². The average molecular weight is 297 g/mol. The molecule has 17 heavy (non-hydrogen) atoms. The Morgan fingerprint density at radius 1 is 1.53 bits per heavy atom. The summed E-state index contributed by atoms with van der Waals surface area (Å²) in [7, 11) is 1.34. The lowest BCUT2D eigenvalue weighted by atomic mass is 10.1. The van der Waals surface area contributed by atoms with Crippen LogP contribution in [0.5, 0.6) is 0 Å². The molecule has 0 bridgehead atoms. The molecule has 2 rings (SSSR count). The molecule has 1 atom stereocenters. The molecule has 0 spiro atoms. The molecule has 2 aromatic rings. The second-order valence-corrected chi connectivity index (χ2v) is 4.59. The number of para-hydroxylation sites is 1. The minimum absolute atomic E-state index is 0.401. The summed E-state index contributed by atoms with van der Waals surface area (Å²) < 4.78 is 5.48. The average Bonchev–Trinajstić information content (AvgIpc) is 2.65. The zero-order valence-corrected chi connectivity index (χ0v) is 11.0. The second-order valence-electron chi connectivity index (χ2n) is 3.80. The number of fused-ring (bicyclic) bond motifs is 1. The molecule has 1 aromatic heterocycles. The van der Waals surface area contributed by atoms with Crippen LogP contribution in [0.3, 0.4) is 0 Å². The van der Waals surface area contributed by atoms with Crippen LogP contribution in [0.25, 0.3) is 10.9 Å². The number of esters is 1. The summed E-state index contributed by atoms with van der Waals surface area (Å²) in [5.41, 5.74) is 7.79. The Morgan fingerprint density at radius 2 is 2.24 bits per heavy atom. The molecule has 0 amide bonds. The van der Waals surface area contributed by atoms with E-state index in [1.54, 1.807) is 0 Å². The number of aromatic amines is 1. The van der Waals surface area contributed by atoms with Gasteiger partial charge in [0.2, 0.25) is 0 Å². The van der Waals surface area contributed by atoms with Crippen molar-refractivity contribution in [3.05, 3.63) is 34.4 Å². The van der Waals surface area contributed by atoms with E-state index < -0.39 is 12.0 Å². The van der Waals surface area contributed by atoms with Crippen LogP contribution >= 0.6 is 15.9 Å². The van der Waals surface area contributed by atoms with Gasteiger partial charge in [0.05, 0.1) is 11.7 Å². The fraction of sp³-hybridized carbons (Fsp3) is 0.250. The van der Waals surface area contributed by atoms with Gasteiger partial charge >= 0.3 is 5.97 Å². The fourth-order valence-corrected chi connectivity index (χ4v) is 2.41. The topological polar surface area (TPSA) is 68.1 Å². The molecule has 0 aliphatic carbocycles. The lowest BCUT2D eigenvalue weighted by Gasteiger charge is -2.08. The summed E-state index contributed by atoms with van der Waals surface area (Å²) in [6.45, 7) is 0. The minimum Gasteiger partial charge on any atom is -0.468 e. The Bertz CT molecular complexity index is 550. The number of rotatable bonds is 3. The van der Waals surface area contributed by atoms with Crippen LogP contribution < -0.4 is 5.73 Å². The van der Waals surface area contributed by atoms with E-state index in [2.05, 4.69) is 25.7 Å². The molecule has 0 saturated heterocycles. The van der Waals surface area contributed by atoms with E-state index in [9.17, 15) is 4.79 Å². The number of benzene rings is 1. The third-order valence-corrected chi connectivity index (χ3v) is 3.37. The Balaban J connectivity index is 2.35. The first-order chi connectivity index (χ1) is 8.13. The van der Waals surface area contributed by atoms with E-state index in [0.29, 0.717) is 6.42 Å². The first-order valence-electron chi connectivity index (χ1n) is 5.22. The Kier molecular flexibility index (Phi) is 3.49. The number of nitrogens with two attached hydrogens (primary N) is 1. The van der Waals surface area contributed by atoms with Gasteiger partial charge in [0.1, 0.15) is 6.04 Å². The van der Waals surface area contributed by atoms with Crippen molar-refractivity contribution in [1.29, 1.82) is 0 Å². The standard InChI is InChI=1S/C12H13BrN2O2/c1-17-12(16)9(14)6-8-7-4-2-3-5-10(7)15-11(8)13/h2-5,9,15H,6,14H2,1H3/t9-/m1/s1. The Morgan fingerprint density at radius 3 is 2.94 bits per heavy atom. The third-order valence-electron chi connectivity index (χ3n) is 2.69. The zero-order chi connectivity index (χ0) is 12.4. The summed E-state index contributed by atoms with van der Waals surface area (Å²) in [5, 5.41) is 1.07. The molecule has 0 saturated carbocycles. The van der Waals surface area contributed by atoms with Crippen LogP contribution in [-0.2, 0) is 16.0 Å². The number of aromatic nitrogens is 1. The molecule has 0 unspecified atom stereocenters. The first kappa shape index (κ1) is 12.1. The molecule has 0 radical (unpaired) electrons. The van der Waals surface area contributed by atoms with Gasteiger partial charge < -0.3 is 15.5 Å². The van der Waals surface area contributed by atoms with Crippen molar-refractivity contribution in [2.75, 3.05) is 7.11 Å². The monoisotopic (exact) mass is 296 g/mol. The molecule has 0 fully saturated rings. The summed E-state index contributed by atoms with van der Waals surface area (Å²) in [5.74, 6) is -0.401. The number of H-pyrrole nitrogens is 1. The van der Waals surface area contributed by atoms with E-state index in [1.165, 1.54) is 7.11 Å². The van der Waals surface area contributed by atoms with Crippen molar-refractivity contribution in [2.45, 2.75) is 12.5 Å². The lowest BCUT2D eigenvalue weighted by molar-refractivity contribution is -0.142. The number of hydrogen-bond acceptors (Lipinski definition) is 3. The predicted molar refractivity (Wildman–Crippen MR) is 69.7 cm³/mol. The van der Waals surface area contributed by atoms with E-state index >= 15 is 0 Å². The fourth-order valence-electron chi connectivity index (χ4n) is 1.82. The summed E-state index contributed by atoms with van der Waals surface area (Å²) in [6, 6.07) is 7.24. The SMILES string of the molecule is COC(=O)[C@H](N)Cc1c(Br)[nH]c2ccccc12. The van der Waals surface area contributed by atoms with Gasteiger partial charge in [-0.05, 0) is 27.6 Å². The molecule has 1 aromatic carbocycles. The van der Waals surface area contributed by atoms with Crippen LogP contribution in [0.2, 0.25) is 0 Å². The molecular formula is C12H13BrN2O2. The van der Waals surface area contributed by atoms with Crippen molar-refractivity contribution in [1.82, 2.24) is 4.98 Å². The summed E-state index contributed by atoms with van der Waals surface area (Å²) in [6.07, 6.45) is 0.442. The number of carbonyl (C=O) groups excluding carboxylic acids is 1. The normalized spacial score (nSPS) is 12.6. The quantitative estimate of drug-likeness (QED) is 0.851. The van der Waals surface area contributed by atoms with Gasteiger partial charge in [-0.15, -0.1) is 0 Å². The summed E-state index contributed by atoms with van der Waals surface area (Å²) in [4.78, 5) is 14.5. The van der Waals surface area contributed by atoms with E-state index in [1.807, 2.05) is 24.3 Å². The highest BCUT2D eigenvalue weighted by Crippen LogP contribution is 2.27. The first-order valence-corrected chi connectivity index (χ1v) is 6.01. The van der Waals surface area contributed by atoms with Crippen LogP contribution in [0.1, 0.15) is 5.56 Å². The van der Waals surface area contributed by atoms with Gasteiger partial charge in [-0.3, -0.25) is 4.79 Å². The highest BCUT2D eigenvalue weighted by molar-refractivity contribution is 9.10. The molecule has 4 nitrogen and oxygen atoms in total. The second kappa shape index (κ2) is 4.89. The smallest absolute Gasteiger partial charge is 0.322 e. The van der Waals surface area contributed by atoms with Crippen LogP contribution in [0.4, 0.5) is 0 Å². The zero-order valence-electron chi connectivity index (χ0n) is 9.37. The molecule has 5 heteroatoms. The van der Waals surface area contributed by atoms with Crippen LogP contribution in [0.15, 0.2) is 28.9 Å².